The number of carboxylic acids is 1. The lowest BCUT2D eigenvalue weighted by Gasteiger charge is -2.27. The number of hydrogen-bond acceptors (Lipinski definition) is 8. The zero-order valence-corrected chi connectivity index (χ0v) is 35.9. The van der Waals surface area contributed by atoms with Crippen molar-refractivity contribution in [2.24, 2.45) is 14.1 Å². The molecule has 13 heteroatoms. The molecule has 3 heterocycles. The number of aromatic carboxylic acids is 1. The lowest BCUT2D eigenvalue weighted by atomic mass is 9.84. The Morgan fingerprint density at radius 2 is 1.69 bits per heavy atom. The van der Waals surface area contributed by atoms with Crippen LogP contribution in [0, 0.1) is 27.7 Å². The molecule has 1 unspecified atom stereocenters. The van der Waals surface area contributed by atoms with Gasteiger partial charge in [0, 0.05) is 71.9 Å². The highest BCUT2D eigenvalue weighted by atomic mass is 35.5. The quantitative estimate of drug-likeness (QED) is 0.0816. The number of carbonyl (C=O) groups excluding carboxylic acids is 1. The van der Waals surface area contributed by atoms with Crippen molar-refractivity contribution in [2.75, 3.05) is 25.5 Å². The number of benzene rings is 3. The number of rotatable bonds is 16. The summed E-state index contributed by atoms with van der Waals surface area (Å²) in [7, 11) is 5.69. The molecule has 11 nitrogen and oxygen atoms in total. The minimum atomic E-state index is -1.00. The van der Waals surface area contributed by atoms with Gasteiger partial charge < -0.3 is 34.6 Å². The molecule has 6 aromatic rings. The molecule has 0 bridgehead atoms. The molecule has 0 aliphatic rings. The molecule has 0 aliphatic heterocycles. The molecule has 2 atom stereocenters. The number of nitrogens with one attached hydrogen (secondary N) is 2. The topological polar surface area (TPSA) is 133 Å². The highest BCUT2D eigenvalue weighted by molar-refractivity contribution is 6.34. The Morgan fingerprint density at radius 3 is 2.31 bits per heavy atom. The van der Waals surface area contributed by atoms with Gasteiger partial charge in [-0.25, -0.2) is 9.78 Å². The standard InChI is InChI=1S/C44H50Cl2N6O4.CH2O/c1-25-18-33(19-26(2)41(25)46)55-17-11-12-30(35-14-15-36(45)40(42(35)49-27(3)24-47-6)39-28(4)50-52(8)29(39)5)20-31-21-34(56-38-13-9-10-16-48-38)22-32-23-37(44(53)54)51(7)43(31)32;1-2/h9-10,13-16,18-19,21-23,27,30,47,49H,11-12,17,20,24H2,1-8H3,(H,53,54);1H2/t27-,30?;/m1./s1. The van der Waals surface area contributed by atoms with Crippen molar-refractivity contribution in [2.45, 2.75) is 65.8 Å². The van der Waals surface area contributed by atoms with Crippen molar-refractivity contribution < 1.29 is 24.2 Å². The van der Waals surface area contributed by atoms with Gasteiger partial charge in [0.1, 0.15) is 24.0 Å². The first-order chi connectivity index (χ1) is 27.8. The van der Waals surface area contributed by atoms with Crippen LogP contribution in [0.4, 0.5) is 5.69 Å². The molecule has 3 aromatic carbocycles. The highest BCUT2D eigenvalue weighted by Gasteiger charge is 2.27. The molecule has 3 aromatic heterocycles. The summed E-state index contributed by atoms with van der Waals surface area (Å²) in [5.74, 6) is 0.734. The summed E-state index contributed by atoms with van der Waals surface area (Å²) in [5, 5.41) is 24.2. The van der Waals surface area contributed by atoms with Gasteiger partial charge in [-0.05, 0) is 132 Å². The van der Waals surface area contributed by atoms with Crippen molar-refractivity contribution in [1.29, 1.82) is 0 Å². The first-order valence-electron chi connectivity index (χ1n) is 19.1. The summed E-state index contributed by atoms with van der Waals surface area (Å²) in [6.07, 6.45) is 3.72. The Morgan fingerprint density at radius 1 is 0.966 bits per heavy atom. The van der Waals surface area contributed by atoms with Crippen LogP contribution in [0.3, 0.4) is 0 Å². The predicted molar refractivity (Wildman–Crippen MR) is 234 cm³/mol. The Bertz CT molecular complexity index is 2370. The maximum atomic E-state index is 12.4. The van der Waals surface area contributed by atoms with E-state index in [9.17, 15) is 9.90 Å². The Kier molecular flexibility index (Phi) is 14.6. The molecule has 3 N–H and O–H groups in total. The van der Waals surface area contributed by atoms with Gasteiger partial charge in [0.05, 0.1) is 22.8 Å². The van der Waals surface area contributed by atoms with Crippen molar-refractivity contribution in [3.8, 4) is 28.5 Å². The largest absolute Gasteiger partial charge is 0.494 e. The molecule has 306 valence electrons. The summed E-state index contributed by atoms with van der Waals surface area (Å²) in [6, 6.07) is 19.2. The number of anilines is 1. The van der Waals surface area contributed by atoms with E-state index < -0.39 is 5.97 Å². The van der Waals surface area contributed by atoms with Crippen LogP contribution in [-0.2, 0) is 25.3 Å². The van der Waals surface area contributed by atoms with Crippen LogP contribution >= 0.6 is 23.2 Å². The fraction of sp³-hybridized carbons (Fsp3) is 0.333. The van der Waals surface area contributed by atoms with Crippen LogP contribution in [0.5, 0.6) is 17.4 Å². The SMILES string of the molecule is C=O.CNC[C@@H](C)Nc1c(C(CCCOc2cc(C)c(Cl)c(C)c2)Cc2cc(Oc3ccccn3)cc3cc(C(=O)O)n(C)c23)ccc(Cl)c1-c1c(C)nn(C)c1C. The van der Waals surface area contributed by atoms with Crippen LogP contribution in [0.1, 0.15) is 69.8 Å². The van der Waals surface area contributed by atoms with Crippen LogP contribution in [0.25, 0.3) is 22.0 Å². The average molecular weight is 828 g/mol. The van der Waals surface area contributed by atoms with E-state index in [2.05, 4.69) is 35.5 Å². The van der Waals surface area contributed by atoms with Crippen molar-refractivity contribution >= 4 is 52.6 Å². The molecule has 0 spiro atoms. The van der Waals surface area contributed by atoms with Gasteiger partial charge in [-0.15, -0.1) is 0 Å². The van der Waals surface area contributed by atoms with Gasteiger partial charge in [0.2, 0.25) is 5.88 Å². The third-order valence-electron chi connectivity index (χ3n) is 10.4. The zero-order valence-electron chi connectivity index (χ0n) is 34.4. The smallest absolute Gasteiger partial charge is 0.352 e. The van der Waals surface area contributed by atoms with Gasteiger partial charge >= 0.3 is 5.97 Å². The number of ether oxygens (including phenoxy) is 2. The average Bonchev–Trinajstić information content (AvgIpc) is 3.66. The maximum Gasteiger partial charge on any atom is 0.352 e. The monoisotopic (exact) mass is 826 g/mol. The van der Waals surface area contributed by atoms with Gasteiger partial charge in [-0.1, -0.05) is 35.3 Å². The van der Waals surface area contributed by atoms with Gasteiger partial charge in [-0.2, -0.15) is 5.10 Å². The minimum Gasteiger partial charge on any atom is -0.494 e. The first kappa shape index (κ1) is 43.8. The van der Waals surface area contributed by atoms with Crippen LogP contribution < -0.4 is 20.1 Å². The number of likely N-dealkylation sites (N-methyl/N-ethyl adjacent to an activating group) is 1. The van der Waals surface area contributed by atoms with Crippen LogP contribution in [0.2, 0.25) is 10.0 Å². The number of pyridine rings is 1. The predicted octanol–water partition coefficient (Wildman–Crippen LogP) is 10.0. The summed E-state index contributed by atoms with van der Waals surface area (Å²) in [4.78, 5) is 24.8. The van der Waals surface area contributed by atoms with Gasteiger partial charge in [0.25, 0.3) is 0 Å². The first-order valence-corrected chi connectivity index (χ1v) is 19.9. The van der Waals surface area contributed by atoms with Gasteiger partial charge in [-0.3, -0.25) is 4.68 Å². The lowest BCUT2D eigenvalue weighted by molar-refractivity contribution is -0.0980. The second-order valence-electron chi connectivity index (χ2n) is 14.6. The second-order valence-corrected chi connectivity index (χ2v) is 15.4. The van der Waals surface area contributed by atoms with E-state index >= 15 is 0 Å². The number of nitrogens with zero attached hydrogens (tertiary/aromatic N) is 4. The number of halogens is 2. The van der Waals surface area contributed by atoms with Crippen molar-refractivity contribution in [1.82, 2.24) is 24.6 Å². The number of hydrogen-bond donors (Lipinski definition) is 3. The Hall–Kier alpha value is -5.36. The number of carbonyl (C=O) groups is 2. The highest BCUT2D eigenvalue weighted by Crippen LogP contribution is 2.45. The molecule has 58 heavy (non-hydrogen) atoms. The minimum absolute atomic E-state index is 0.0569. The third kappa shape index (κ3) is 9.66. The second kappa shape index (κ2) is 19.4. The molecular weight excluding hydrogens is 775 g/mol. The molecule has 0 aliphatic carbocycles. The van der Waals surface area contributed by atoms with Gasteiger partial charge in [0.15, 0.2) is 0 Å². The summed E-state index contributed by atoms with van der Waals surface area (Å²) >= 11 is 13.6. The van der Waals surface area contributed by atoms with E-state index in [0.29, 0.717) is 29.7 Å². The summed E-state index contributed by atoms with van der Waals surface area (Å²) in [6.45, 7) is 13.4. The van der Waals surface area contributed by atoms with Crippen LogP contribution in [0.15, 0.2) is 66.9 Å². The molecule has 0 saturated carbocycles. The molecular formula is C45H52Cl2N6O5. The molecule has 0 radical (unpaired) electrons. The molecule has 0 saturated heterocycles. The fourth-order valence-corrected chi connectivity index (χ4v) is 8.10. The number of carboxylic acid groups (broad SMARTS) is 1. The van der Waals surface area contributed by atoms with E-state index in [-0.39, 0.29) is 17.7 Å². The lowest BCUT2D eigenvalue weighted by Crippen LogP contribution is -2.29. The van der Waals surface area contributed by atoms with Crippen molar-refractivity contribution in [3.63, 3.8) is 0 Å². The normalized spacial score (nSPS) is 12.2. The zero-order chi connectivity index (χ0) is 42.3. The fourth-order valence-electron chi connectivity index (χ4n) is 7.74. The Labute approximate surface area is 350 Å². The molecule has 0 amide bonds. The van der Waals surface area contributed by atoms with E-state index in [1.54, 1.807) is 29.9 Å². The maximum absolute atomic E-state index is 12.4. The van der Waals surface area contributed by atoms with Crippen molar-refractivity contribution in [3.05, 3.63) is 116 Å². The number of fused-ring (bicyclic) bond motifs is 1. The van der Waals surface area contributed by atoms with E-state index in [1.165, 1.54) is 0 Å². The Balaban J connectivity index is 0.00000315. The van der Waals surface area contributed by atoms with E-state index in [0.717, 1.165) is 91.5 Å². The summed E-state index contributed by atoms with van der Waals surface area (Å²) in [5.41, 5.74) is 9.75. The van der Waals surface area contributed by atoms with E-state index in [4.69, 9.17) is 42.6 Å². The van der Waals surface area contributed by atoms with Crippen LogP contribution in [-0.4, -0.2) is 63.4 Å². The van der Waals surface area contributed by atoms with E-state index in [1.807, 2.05) is 88.8 Å². The molecule has 0 fully saturated rings. The number of aromatic nitrogens is 4. The molecule has 6 rings (SSSR count). The number of aryl methyl sites for hydroxylation is 5. The third-order valence-corrected chi connectivity index (χ3v) is 11.3. The summed E-state index contributed by atoms with van der Waals surface area (Å²) < 4.78 is 16.3.